The molecule has 1 aromatic heterocycles. The summed E-state index contributed by atoms with van der Waals surface area (Å²) in [6, 6.07) is 9.36. The summed E-state index contributed by atoms with van der Waals surface area (Å²) in [5, 5.41) is 16.3. The van der Waals surface area contributed by atoms with Gasteiger partial charge in [-0.1, -0.05) is 18.2 Å². The van der Waals surface area contributed by atoms with Crippen LogP contribution in [0.3, 0.4) is 0 Å². The van der Waals surface area contributed by atoms with E-state index in [9.17, 15) is 4.79 Å². The van der Waals surface area contributed by atoms with Crippen molar-refractivity contribution in [3.63, 3.8) is 0 Å². The highest BCUT2D eigenvalue weighted by Crippen LogP contribution is 2.22. The number of para-hydroxylation sites is 1. The van der Waals surface area contributed by atoms with Crippen LogP contribution in [0.15, 0.2) is 30.3 Å². The van der Waals surface area contributed by atoms with E-state index in [2.05, 4.69) is 10.4 Å². The van der Waals surface area contributed by atoms with Gasteiger partial charge in [-0.05, 0) is 19.1 Å². The Kier molecular flexibility index (Phi) is 2.82. The Morgan fingerprint density at radius 3 is 2.59 bits per heavy atom. The molecule has 2 N–H and O–H groups in total. The second kappa shape index (κ2) is 4.29. The van der Waals surface area contributed by atoms with Crippen LogP contribution in [0.25, 0.3) is 0 Å². The maximum Gasteiger partial charge on any atom is 0.341 e. The molecule has 0 aliphatic rings. The van der Waals surface area contributed by atoms with Gasteiger partial charge in [-0.3, -0.25) is 4.68 Å². The number of aromatic carboxylic acids is 1. The van der Waals surface area contributed by atoms with Crippen LogP contribution in [0.1, 0.15) is 16.1 Å². The van der Waals surface area contributed by atoms with Crippen LogP contribution in [0.4, 0.5) is 11.5 Å². The topological polar surface area (TPSA) is 67.2 Å². The molecule has 0 saturated heterocycles. The Morgan fingerprint density at radius 1 is 1.35 bits per heavy atom. The number of carboxylic acid groups (broad SMARTS) is 1. The Labute approximate surface area is 98.7 Å². The molecule has 0 saturated carbocycles. The molecule has 5 nitrogen and oxygen atoms in total. The molecule has 0 amide bonds. The first kappa shape index (κ1) is 11.2. The van der Waals surface area contributed by atoms with Crippen molar-refractivity contribution in [3.05, 3.63) is 41.6 Å². The molecule has 17 heavy (non-hydrogen) atoms. The number of carbonyl (C=O) groups is 1. The number of aromatic nitrogens is 2. The second-order valence-electron chi connectivity index (χ2n) is 3.73. The molecule has 88 valence electrons. The van der Waals surface area contributed by atoms with Gasteiger partial charge in [-0.15, -0.1) is 0 Å². The van der Waals surface area contributed by atoms with Gasteiger partial charge in [-0.2, -0.15) is 5.10 Å². The van der Waals surface area contributed by atoms with E-state index < -0.39 is 5.97 Å². The lowest BCUT2D eigenvalue weighted by Gasteiger charge is -2.03. The van der Waals surface area contributed by atoms with Crippen molar-refractivity contribution in [1.29, 1.82) is 0 Å². The molecule has 0 aliphatic heterocycles. The van der Waals surface area contributed by atoms with E-state index in [-0.39, 0.29) is 5.56 Å². The number of hydrogen-bond acceptors (Lipinski definition) is 3. The minimum absolute atomic E-state index is 0.205. The predicted octanol–water partition coefficient (Wildman–Crippen LogP) is 2.17. The number of carboxylic acids is 1. The van der Waals surface area contributed by atoms with Gasteiger partial charge in [0, 0.05) is 12.7 Å². The average molecular weight is 231 g/mol. The number of nitrogens with one attached hydrogen (secondary N) is 1. The van der Waals surface area contributed by atoms with Crippen LogP contribution in [0.5, 0.6) is 0 Å². The number of hydrogen-bond donors (Lipinski definition) is 2. The van der Waals surface area contributed by atoms with Gasteiger partial charge in [0.15, 0.2) is 5.82 Å². The van der Waals surface area contributed by atoms with Crippen LogP contribution in [-0.4, -0.2) is 20.9 Å². The largest absolute Gasteiger partial charge is 0.477 e. The number of anilines is 2. The van der Waals surface area contributed by atoms with Gasteiger partial charge in [-0.25, -0.2) is 4.79 Å². The summed E-state index contributed by atoms with van der Waals surface area (Å²) in [4.78, 5) is 11.2. The van der Waals surface area contributed by atoms with Gasteiger partial charge < -0.3 is 10.4 Å². The summed E-state index contributed by atoms with van der Waals surface area (Å²) >= 11 is 0. The molecular formula is C12H13N3O2. The van der Waals surface area contributed by atoms with Gasteiger partial charge in [0.05, 0.1) is 5.69 Å². The molecule has 0 atom stereocenters. The smallest absolute Gasteiger partial charge is 0.341 e. The maximum absolute atomic E-state index is 11.2. The molecule has 0 aliphatic carbocycles. The first-order valence-electron chi connectivity index (χ1n) is 5.18. The lowest BCUT2D eigenvalue weighted by Crippen LogP contribution is -2.02. The summed E-state index contributed by atoms with van der Waals surface area (Å²) in [5.74, 6) is -0.613. The fourth-order valence-corrected chi connectivity index (χ4v) is 1.61. The summed E-state index contributed by atoms with van der Waals surface area (Å²) in [6.45, 7) is 1.73. The molecule has 5 heteroatoms. The summed E-state index contributed by atoms with van der Waals surface area (Å²) in [5.41, 5.74) is 1.64. The van der Waals surface area contributed by atoms with E-state index in [0.717, 1.165) is 5.69 Å². The van der Waals surface area contributed by atoms with Crippen molar-refractivity contribution in [1.82, 2.24) is 9.78 Å². The first-order chi connectivity index (χ1) is 8.09. The fourth-order valence-electron chi connectivity index (χ4n) is 1.61. The predicted molar refractivity (Wildman–Crippen MR) is 64.6 cm³/mol. The van der Waals surface area contributed by atoms with Crippen LogP contribution < -0.4 is 5.32 Å². The van der Waals surface area contributed by atoms with E-state index in [4.69, 9.17) is 5.11 Å². The van der Waals surface area contributed by atoms with Crippen molar-refractivity contribution in [2.24, 2.45) is 7.05 Å². The van der Waals surface area contributed by atoms with Gasteiger partial charge in [0.1, 0.15) is 5.56 Å². The van der Waals surface area contributed by atoms with Crippen LogP contribution >= 0.6 is 0 Å². The van der Waals surface area contributed by atoms with E-state index >= 15 is 0 Å². The summed E-state index contributed by atoms with van der Waals surface area (Å²) < 4.78 is 1.55. The highest BCUT2D eigenvalue weighted by molar-refractivity contribution is 5.95. The van der Waals surface area contributed by atoms with E-state index in [0.29, 0.717) is 11.5 Å². The number of benzene rings is 1. The van der Waals surface area contributed by atoms with Crippen LogP contribution in [0.2, 0.25) is 0 Å². The third kappa shape index (κ3) is 2.13. The highest BCUT2D eigenvalue weighted by atomic mass is 16.4. The summed E-state index contributed by atoms with van der Waals surface area (Å²) in [7, 11) is 1.72. The summed E-state index contributed by atoms with van der Waals surface area (Å²) in [6.07, 6.45) is 0. The maximum atomic E-state index is 11.2. The van der Waals surface area contributed by atoms with Crippen molar-refractivity contribution < 1.29 is 9.90 Å². The number of rotatable bonds is 3. The molecule has 1 heterocycles. The van der Waals surface area contributed by atoms with Crippen molar-refractivity contribution in [2.45, 2.75) is 6.92 Å². The van der Waals surface area contributed by atoms with Gasteiger partial charge >= 0.3 is 5.97 Å². The third-order valence-corrected chi connectivity index (χ3v) is 2.58. The molecule has 0 spiro atoms. The quantitative estimate of drug-likeness (QED) is 0.849. The zero-order valence-electron chi connectivity index (χ0n) is 9.64. The Morgan fingerprint density at radius 2 is 2.00 bits per heavy atom. The standard InChI is InChI=1S/C12H13N3O2/c1-8-10(12(16)17)11(14-15(8)2)13-9-6-4-3-5-7-9/h3-7H,1-2H3,(H,13,14)(H,16,17). The molecule has 0 radical (unpaired) electrons. The molecule has 0 unspecified atom stereocenters. The molecule has 0 fully saturated rings. The lowest BCUT2D eigenvalue weighted by molar-refractivity contribution is 0.0697. The lowest BCUT2D eigenvalue weighted by atomic mass is 10.2. The minimum atomic E-state index is -0.978. The zero-order chi connectivity index (χ0) is 12.4. The fraction of sp³-hybridized carbons (Fsp3) is 0.167. The number of nitrogens with zero attached hydrogens (tertiary/aromatic N) is 2. The van der Waals surface area contributed by atoms with Crippen molar-refractivity contribution >= 4 is 17.5 Å². The molecule has 1 aromatic carbocycles. The molecule has 0 bridgehead atoms. The Bertz CT molecular complexity index is 546. The van der Waals surface area contributed by atoms with E-state index in [1.54, 1.807) is 18.7 Å². The molecule has 2 aromatic rings. The highest BCUT2D eigenvalue weighted by Gasteiger charge is 2.19. The third-order valence-electron chi connectivity index (χ3n) is 2.58. The SMILES string of the molecule is Cc1c(C(=O)O)c(Nc2ccccc2)nn1C. The second-order valence-corrected chi connectivity index (χ2v) is 3.73. The Hall–Kier alpha value is -2.30. The number of aryl methyl sites for hydroxylation is 1. The average Bonchev–Trinajstić information content (AvgIpc) is 2.56. The molecule has 2 rings (SSSR count). The van der Waals surface area contributed by atoms with Crippen LogP contribution in [-0.2, 0) is 7.05 Å². The van der Waals surface area contributed by atoms with E-state index in [1.165, 1.54) is 0 Å². The van der Waals surface area contributed by atoms with Crippen molar-refractivity contribution in [2.75, 3.05) is 5.32 Å². The normalized spacial score (nSPS) is 10.2. The monoisotopic (exact) mass is 231 g/mol. The van der Waals surface area contributed by atoms with E-state index in [1.807, 2.05) is 30.3 Å². The zero-order valence-corrected chi connectivity index (χ0v) is 9.64. The molecular weight excluding hydrogens is 218 g/mol. The first-order valence-corrected chi connectivity index (χ1v) is 5.18. The van der Waals surface area contributed by atoms with Gasteiger partial charge in [0.25, 0.3) is 0 Å². The van der Waals surface area contributed by atoms with Crippen molar-refractivity contribution in [3.8, 4) is 0 Å². The minimum Gasteiger partial charge on any atom is -0.477 e. The van der Waals surface area contributed by atoms with Gasteiger partial charge in [0.2, 0.25) is 0 Å². The van der Waals surface area contributed by atoms with Crippen LogP contribution in [0, 0.1) is 6.92 Å². The Balaban J connectivity index is 2.40.